The molecule has 0 aliphatic carbocycles. The second-order valence-electron chi connectivity index (χ2n) is 4.54. The zero-order valence-corrected chi connectivity index (χ0v) is 10.5. The van der Waals surface area contributed by atoms with Crippen molar-refractivity contribution >= 4 is 5.91 Å². The van der Waals surface area contributed by atoms with Gasteiger partial charge in [-0.05, 0) is 6.07 Å². The second kappa shape index (κ2) is 5.74. The van der Waals surface area contributed by atoms with Gasteiger partial charge >= 0.3 is 6.18 Å². The summed E-state index contributed by atoms with van der Waals surface area (Å²) in [6.45, 7) is -0.443. The molecule has 0 radical (unpaired) electrons. The van der Waals surface area contributed by atoms with Crippen LogP contribution < -0.4 is 0 Å². The van der Waals surface area contributed by atoms with E-state index in [4.69, 9.17) is 0 Å². The first-order valence-corrected chi connectivity index (χ1v) is 6.05. The highest BCUT2D eigenvalue weighted by Crippen LogP contribution is 2.18. The van der Waals surface area contributed by atoms with Gasteiger partial charge in [-0.3, -0.25) is 14.7 Å². The standard InChI is InChI=1S/C12H13F4N3O/c13-10-7-17-2-1-9(10)11(20)19-5-3-18(4-6-19)8-12(14,15)16/h1-2,7H,3-6,8H2. The lowest BCUT2D eigenvalue weighted by atomic mass is 10.2. The Morgan fingerprint density at radius 1 is 1.25 bits per heavy atom. The molecule has 1 aliphatic heterocycles. The van der Waals surface area contributed by atoms with Crippen LogP contribution in [-0.2, 0) is 0 Å². The normalized spacial score (nSPS) is 17.3. The molecule has 1 fully saturated rings. The van der Waals surface area contributed by atoms with Crippen molar-refractivity contribution in [1.82, 2.24) is 14.8 Å². The summed E-state index contributed by atoms with van der Waals surface area (Å²) in [5.74, 6) is -1.24. The minimum absolute atomic E-state index is 0.107. The number of hydrogen-bond acceptors (Lipinski definition) is 3. The van der Waals surface area contributed by atoms with Gasteiger partial charge in [0.05, 0.1) is 18.3 Å². The van der Waals surface area contributed by atoms with Gasteiger partial charge in [-0.25, -0.2) is 4.39 Å². The fourth-order valence-corrected chi connectivity index (χ4v) is 2.08. The first kappa shape index (κ1) is 14.7. The van der Waals surface area contributed by atoms with Gasteiger partial charge in [0.1, 0.15) is 0 Å². The van der Waals surface area contributed by atoms with Gasteiger partial charge in [-0.15, -0.1) is 0 Å². The molecule has 0 atom stereocenters. The third kappa shape index (κ3) is 3.66. The number of rotatable bonds is 2. The third-order valence-corrected chi connectivity index (χ3v) is 3.07. The van der Waals surface area contributed by atoms with E-state index in [0.717, 1.165) is 6.20 Å². The van der Waals surface area contributed by atoms with Gasteiger partial charge in [0.15, 0.2) is 5.82 Å². The Labute approximate surface area is 113 Å². The highest BCUT2D eigenvalue weighted by atomic mass is 19.4. The Bertz CT molecular complexity index is 484. The monoisotopic (exact) mass is 291 g/mol. The van der Waals surface area contributed by atoms with Crippen LogP contribution in [0.4, 0.5) is 17.6 Å². The first-order chi connectivity index (χ1) is 9.37. The predicted octanol–water partition coefficient (Wildman–Crippen LogP) is 1.54. The van der Waals surface area contributed by atoms with Crippen LogP contribution in [0.5, 0.6) is 0 Å². The number of nitrogens with zero attached hydrogens (tertiary/aromatic N) is 3. The van der Waals surface area contributed by atoms with E-state index in [1.165, 1.54) is 22.1 Å². The molecule has 0 bridgehead atoms. The molecule has 2 rings (SSSR count). The van der Waals surface area contributed by atoms with Crippen molar-refractivity contribution in [1.29, 1.82) is 0 Å². The van der Waals surface area contributed by atoms with Crippen LogP contribution in [-0.4, -0.2) is 59.6 Å². The largest absolute Gasteiger partial charge is 0.401 e. The topological polar surface area (TPSA) is 36.4 Å². The van der Waals surface area contributed by atoms with Crippen LogP contribution in [0.3, 0.4) is 0 Å². The molecule has 1 aromatic rings. The molecule has 0 aromatic carbocycles. The van der Waals surface area contributed by atoms with E-state index in [0.29, 0.717) is 0 Å². The number of pyridine rings is 1. The molecule has 1 aliphatic rings. The maximum absolute atomic E-state index is 13.4. The Kier molecular flexibility index (Phi) is 4.22. The van der Waals surface area contributed by atoms with Gasteiger partial charge in [0, 0.05) is 32.4 Å². The lowest BCUT2D eigenvalue weighted by Crippen LogP contribution is -2.51. The Morgan fingerprint density at radius 2 is 1.90 bits per heavy atom. The molecule has 4 nitrogen and oxygen atoms in total. The smallest absolute Gasteiger partial charge is 0.336 e. The maximum atomic E-state index is 13.4. The van der Waals surface area contributed by atoms with Gasteiger partial charge in [0.25, 0.3) is 5.91 Å². The Morgan fingerprint density at radius 3 is 2.45 bits per heavy atom. The summed E-state index contributed by atoms with van der Waals surface area (Å²) in [4.78, 5) is 18.2. The van der Waals surface area contributed by atoms with Crippen LogP contribution in [0.15, 0.2) is 18.5 Å². The minimum atomic E-state index is -4.25. The molecule has 110 valence electrons. The summed E-state index contributed by atoms with van der Waals surface area (Å²) in [6.07, 6.45) is -2.01. The molecule has 1 saturated heterocycles. The number of alkyl halides is 3. The fourth-order valence-electron chi connectivity index (χ4n) is 2.08. The van der Waals surface area contributed by atoms with E-state index in [9.17, 15) is 22.4 Å². The van der Waals surface area contributed by atoms with Crippen LogP contribution >= 0.6 is 0 Å². The van der Waals surface area contributed by atoms with E-state index in [-0.39, 0.29) is 31.7 Å². The van der Waals surface area contributed by atoms with Crippen LogP contribution in [0.25, 0.3) is 0 Å². The first-order valence-electron chi connectivity index (χ1n) is 6.05. The van der Waals surface area contributed by atoms with Crippen molar-refractivity contribution < 1.29 is 22.4 Å². The van der Waals surface area contributed by atoms with Gasteiger partial charge < -0.3 is 4.90 Å². The van der Waals surface area contributed by atoms with Crippen molar-refractivity contribution in [2.45, 2.75) is 6.18 Å². The number of aromatic nitrogens is 1. The average Bonchev–Trinajstić information content (AvgIpc) is 2.37. The zero-order valence-electron chi connectivity index (χ0n) is 10.5. The molecule has 0 unspecified atom stereocenters. The zero-order chi connectivity index (χ0) is 14.8. The van der Waals surface area contributed by atoms with E-state index in [1.807, 2.05) is 0 Å². The number of carbonyl (C=O) groups excluding carboxylic acids is 1. The predicted molar refractivity (Wildman–Crippen MR) is 62.6 cm³/mol. The molecule has 2 heterocycles. The van der Waals surface area contributed by atoms with Crippen LogP contribution in [0.2, 0.25) is 0 Å². The summed E-state index contributed by atoms with van der Waals surface area (Å²) < 4.78 is 50.1. The number of halogens is 4. The summed E-state index contributed by atoms with van der Waals surface area (Å²) in [5.41, 5.74) is -0.107. The van der Waals surface area contributed by atoms with Gasteiger partial charge in [-0.1, -0.05) is 0 Å². The molecule has 0 spiro atoms. The maximum Gasteiger partial charge on any atom is 0.401 e. The van der Waals surface area contributed by atoms with Gasteiger partial charge in [-0.2, -0.15) is 13.2 Å². The van der Waals surface area contributed by atoms with Crippen molar-refractivity contribution in [3.8, 4) is 0 Å². The summed E-state index contributed by atoms with van der Waals surface area (Å²) in [7, 11) is 0. The molecule has 20 heavy (non-hydrogen) atoms. The highest BCUT2D eigenvalue weighted by Gasteiger charge is 2.33. The van der Waals surface area contributed by atoms with E-state index in [2.05, 4.69) is 4.98 Å². The van der Waals surface area contributed by atoms with E-state index in [1.54, 1.807) is 0 Å². The highest BCUT2D eigenvalue weighted by molar-refractivity contribution is 5.94. The Hall–Kier alpha value is -1.70. The second-order valence-corrected chi connectivity index (χ2v) is 4.54. The summed E-state index contributed by atoms with van der Waals surface area (Å²) in [6, 6.07) is 1.26. The molecule has 1 amide bonds. The number of carbonyl (C=O) groups is 1. The fraction of sp³-hybridized carbons (Fsp3) is 0.500. The van der Waals surface area contributed by atoms with Crippen molar-refractivity contribution in [3.05, 3.63) is 29.8 Å². The van der Waals surface area contributed by atoms with E-state index >= 15 is 0 Å². The molecule has 1 aromatic heterocycles. The molecule has 8 heteroatoms. The van der Waals surface area contributed by atoms with Crippen LogP contribution in [0, 0.1) is 5.82 Å². The molecule has 0 saturated carbocycles. The number of amides is 1. The van der Waals surface area contributed by atoms with Crippen LogP contribution in [0.1, 0.15) is 10.4 Å². The average molecular weight is 291 g/mol. The quantitative estimate of drug-likeness (QED) is 0.776. The number of piperazine rings is 1. The van der Waals surface area contributed by atoms with Crippen molar-refractivity contribution in [2.24, 2.45) is 0 Å². The SMILES string of the molecule is O=C(c1ccncc1F)N1CCN(CC(F)(F)F)CC1. The summed E-state index contributed by atoms with van der Waals surface area (Å²) in [5, 5.41) is 0. The van der Waals surface area contributed by atoms with Crippen molar-refractivity contribution in [2.75, 3.05) is 32.7 Å². The van der Waals surface area contributed by atoms with Gasteiger partial charge in [0.2, 0.25) is 0 Å². The molecular weight excluding hydrogens is 278 g/mol. The van der Waals surface area contributed by atoms with Crippen molar-refractivity contribution in [3.63, 3.8) is 0 Å². The molecule has 0 N–H and O–H groups in total. The molecular formula is C12H13F4N3O. The lowest BCUT2D eigenvalue weighted by molar-refractivity contribution is -0.148. The number of hydrogen-bond donors (Lipinski definition) is 0. The summed E-state index contributed by atoms with van der Waals surface area (Å²) >= 11 is 0. The Balaban J connectivity index is 1.94. The lowest BCUT2D eigenvalue weighted by Gasteiger charge is -2.35. The van der Waals surface area contributed by atoms with E-state index < -0.39 is 24.4 Å². The third-order valence-electron chi connectivity index (χ3n) is 3.07. The minimum Gasteiger partial charge on any atom is -0.336 e.